The molecule has 3 aromatic rings. The van der Waals surface area contributed by atoms with Gasteiger partial charge in [-0.25, -0.2) is 9.97 Å². The minimum atomic E-state index is -0.0943. The predicted molar refractivity (Wildman–Crippen MR) is 110 cm³/mol. The second-order valence-corrected chi connectivity index (χ2v) is 7.27. The molecule has 1 aliphatic rings. The molecule has 4 rings (SSSR count). The van der Waals surface area contributed by atoms with E-state index < -0.39 is 0 Å². The number of carbonyl (C=O) groups is 2. The quantitative estimate of drug-likeness (QED) is 0.717. The van der Waals surface area contributed by atoms with Gasteiger partial charge in [-0.1, -0.05) is 0 Å². The highest BCUT2D eigenvalue weighted by Gasteiger charge is 2.25. The minimum Gasteiger partial charge on any atom is -0.352 e. The topological polar surface area (TPSA) is 101 Å². The molecule has 0 aromatic carbocycles. The van der Waals surface area contributed by atoms with E-state index in [9.17, 15) is 9.59 Å². The molecule has 30 heavy (non-hydrogen) atoms. The van der Waals surface area contributed by atoms with Gasteiger partial charge in [-0.05, 0) is 36.2 Å². The number of amides is 2. The summed E-state index contributed by atoms with van der Waals surface area (Å²) in [5.74, 6) is 0.367. The summed E-state index contributed by atoms with van der Waals surface area (Å²) in [6.45, 7) is 4.79. The zero-order valence-electron chi connectivity index (χ0n) is 16.9. The van der Waals surface area contributed by atoms with E-state index >= 15 is 0 Å². The Bertz CT molecular complexity index is 1100. The first-order chi connectivity index (χ1) is 14.5. The van der Waals surface area contributed by atoms with Gasteiger partial charge in [0.2, 0.25) is 5.91 Å². The van der Waals surface area contributed by atoms with E-state index in [2.05, 4.69) is 25.3 Å². The molecule has 0 saturated heterocycles. The number of aryl methyl sites for hydroxylation is 1. The van der Waals surface area contributed by atoms with Crippen molar-refractivity contribution in [2.24, 2.45) is 0 Å². The largest absolute Gasteiger partial charge is 0.352 e. The lowest BCUT2D eigenvalue weighted by Crippen LogP contribution is -2.37. The van der Waals surface area contributed by atoms with E-state index in [1.807, 2.05) is 25.1 Å². The summed E-state index contributed by atoms with van der Waals surface area (Å²) in [6.07, 6.45) is 7.45. The Kier molecular flexibility index (Phi) is 5.47. The van der Waals surface area contributed by atoms with E-state index in [1.165, 1.54) is 6.92 Å². The molecule has 152 valence electrons. The number of nitrogens with zero attached hydrogens (tertiary/aromatic N) is 5. The molecule has 0 spiro atoms. The third-order valence-corrected chi connectivity index (χ3v) is 5.05. The third-order valence-electron chi connectivity index (χ3n) is 5.05. The first-order valence-corrected chi connectivity index (χ1v) is 9.75. The summed E-state index contributed by atoms with van der Waals surface area (Å²) >= 11 is 0. The number of pyridine rings is 2. The van der Waals surface area contributed by atoms with Gasteiger partial charge in [-0.15, -0.1) is 0 Å². The van der Waals surface area contributed by atoms with Crippen LogP contribution in [0.5, 0.6) is 0 Å². The average Bonchev–Trinajstić information content (AvgIpc) is 2.77. The molecular weight excluding hydrogens is 380 g/mol. The van der Waals surface area contributed by atoms with E-state index in [0.29, 0.717) is 43.1 Å². The standard InChI is InChI=1S/C22H22N6O2/c1-14-19(12-26-21(27-14)17-4-3-6-23-11-17)22(30)28-7-5-20-18(13-28)8-16(10-25-20)9-24-15(2)29/h3-4,6,8,10-12H,5,7,9,13H2,1-2H3,(H,24,29). The van der Waals surface area contributed by atoms with Crippen LogP contribution in [0.15, 0.2) is 43.0 Å². The molecule has 3 aromatic heterocycles. The zero-order chi connectivity index (χ0) is 21.1. The minimum absolute atomic E-state index is 0.0882. The lowest BCUT2D eigenvalue weighted by Gasteiger charge is -2.29. The molecule has 8 heteroatoms. The van der Waals surface area contributed by atoms with Crippen molar-refractivity contribution in [3.8, 4) is 11.4 Å². The Hall–Kier alpha value is -3.68. The molecule has 0 bridgehead atoms. The Morgan fingerprint density at radius 3 is 2.80 bits per heavy atom. The SMILES string of the molecule is CC(=O)NCc1cnc2c(c1)CN(C(=O)c1cnc(-c3cccnc3)nc1C)CC2. The monoisotopic (exact) mass is 402 g/mol. The first kappa shape index (κ1) is 19.6. The first-order valence-electron chi connectivity index (χ1n) is 9.75. The molecule has 0 radical (unpaired) electrons. The van der Waals surface area contributed by atoms with Gasteiger partial charge in [0, 0.05) is 69.0 Å². The van der Waals surface area contributed by atoms with Gasteiger partial charge in [-0.3, -0.25) is 19.6 Å². The lowest BCUT2D eigenvalue weighted by molar-refractivity contribution is -0.119. The Labute approximate surface area is 174 Å². The van der Waals surface area contributed by atoms with Gasteiger partial charge in [0.1, 0.15) is 0 Å². The molecular formula is C22H22N6O2. The number of aromatic nitrogens is 4. The fourth-order valence-electron chi connectivity index (χ4n) is 3.45. The van der Waals surface area contributed by atoms with Gasteiger partial charge < -0.3 is 10.2 Å². The van der Waals surface area contributed by atoms with Crippen molar-refractivity contribution in [2.45, 2.75) is 33.4 Å². The molecule has 1 aliphatic heterocycles. The fourth-order valence-corrected chi connectivity index (χ4v) is 3.45. The van der Waals surface area contributed by atoms with Crippen LogP contribution in [-0.4, -0.2) is 43.2 Å². The Balaban J connectivity index is 1.52. The number of hydrogen-bond acceptors (Lipinski definition) is 6. The highest BCUT2D eigenvalue weighted by atomic mass is 16.2. The number of fused-ring (bicyclic) bond motifs is 1. The summed E-state index contributed by atoms with van der Waals surface area (Å²) in [4.78, 5) is 43.6. The van der Waals surface area contributed by atoms with Crippen molar-refractivity contribution in [3.05, 3.63) is 71.1 Å². The van der Waals surface area contributed by atoms with Crippen LogP contribution in [0, 0.1) is 6.92 Å². The fraction of sp³-hybridized carbons (Fsp3) is 0.273. The highest BCUT2D eigenvalue weighted by molar-refractivity contribution is 5.95. The van der Waals surface area contributed by atoms with Crippen molar-refractivity contribution >= 4 is 11.8 Å². The highest BCUT2D eigenvalue weighted by Crippen LogP contribution is 2.22. The number of carbonyl (C=O) groups excluding carboxylic acids is 2. The van der Waals surface area contributed by atoms with Crippen LogP contribution < -0.4 is 5.32 Å². The summed E-state index contributed by atoms with van der Waals surface area (Å²) < 4.78 is 0. The number of rotatable bonds is 4. The van der Waals surface area contributed by atoms with Gasteiger partial charge in [0.25, 0.3) is 5.91 Å². The molecule has 0 unspecified atom stereocenters. The lowest BCUT2D eigenvalue weighted by atomic mass is 10.0. The average molecular weight is 402 g/mol. The van der Waals surface area contributed by atoms with E-state index in [-0.39, 0.29) is 11.8 Å². The second-order valence-electron chi connectivity index (χ2n) is 7.27. The van der Waals surface area contributed by atoms with Crippen molar-refractivity contribution < 1.29 is 9.59 Å². The van der Waals surface area contributed by atoms with Crippen LogP contribution in [0.25, 0.3) is 11.4 Å². The molecule has 0 fully saturated rings. The Morgan fingerprint density at radius 2 is 2.07 bits per heavy atom. The van der Waals surface area contributed by atoms with Crippen LogP contribution in [0.4, 0.5) is 0 Å². The van der Waals surface area contributed by atoms with Gasteiger partial charge in [0.05, 0.1) is 11.3 Å². The molecule has 0 saturated carbocycles. The van der Waals surface area contributed by atoms with Gasteiger partial charge >= 0.3 is 0 Å². The molecule has 0 atom stereocenters. The van der Waals surface area contributed by atoms with Gasteiger partial charge in [-0.2, -0.15) is 0 Å². The van der Waals surface area contributed by atoms with Gasteiger partial charge in [0.15, 0.2) is 5.82 Å². The second kappa shape index (κ2) is 8.36. The smallest absolute Gasteiger partial charge is 0.257 e. The molecule has 8 nitrogen and oxygen atoms in total. The Morgan fingerprint density at radius 1 is 1.20 bits per heavy atom. The maximum absolute atomic E-state index is 13.1. The third kappa shape index (κ3) is 4.17. The molecule has 4 heterocycles. The van der Waals surface area contributed by atoms with E-state index in [0.717, 1.165) is 22.4 Å². The van der Waals surface area contributed by atoms with Crippen molar-refractivity contribution in [1.82, 2.24) is 30.2 Å². The van der Waals surface area contributed by atoms with Crippen LogP contribution >= 0.6 is 0 Å². The van der Waals surface area contributed by atoms with Crippen LogP contribution in [0.3, 0.4) is 0 Å². The summed E-state index contributed by atoms with van der Waals surface area (Å²) in [5.41, 5.74) is 4.85. The maximum Gasteiger partial charge on any atom is 0.257 e. The van der Waals surface area contributed by atoms with Crippen LogP contribution in [0.1, 0.15) is 39.8 Å². The number of hydrogen-bond donors (Lipinski definition) is 1. The predicted octanol–water partition coefficient (Wildman–Crippen LogP) is 2.08. The van der Waals surface area contributed by atoms with E-state index in [4.69, 9.17) is 0 Å². The van der Waals surface area contributed by atoms with Crippen molar-refractivity contribution in [2.75, 3.05) is 6.54 Å². The molecule has 1 N–H and O–H groups in total. The maximum atomic E-state index is 13.1. The number of nitrogens with one attached hydrogen (secondary N) is 1. The van der Waals surface area contributed by atoms with Crippen LogP contribution in [0.2, 0.25) is 0 Å². The summed E-state index contributed by atoms with van der Waals surface area (Å²) in [7, 11) is 0. The van der Waals surface area contributed by atoms with Crippen LogP contribution in [-0.2, 0) is 24.3 Å². The molecule has 2 amide bonds. The normalized spacial score (nSPS) is 12.9. The van der Waals surface area contributed by atoms with Crippen molar-refractivity contribution in [3.63, 3.8) is 0 Å². The summed E-state index contributed by atoms with van der Waals surface area (Å²) in [6, 6.07) is 5.72. The van der Waals surface area contributed by atoms with Crippen molar-refractivity contribution in [1.29, 1.82) is 0 Å². The summed E-state index contributed by atoms with van der Waals surface area (Å²) in [5, 5.41) is 2.77. The van der Waals surface area contributed by atoms with E-state index in [1.54, 1.807) is 29.7 Å². The zero-order valence-corrected chi connectivity index (χ0v) is 16.9. The molecule has 0 aliphatic carbocycles.